The summed E-state index contributed by atoms with van der Waals surface area (Å²) >= 11 is 6.55. The second-order valence-electron chi connectivity index (χ2n) is 2.56. The van der Waals surface area contributed by atoms with Crippen LogP contribution in [0.25, 0.3) is 10.9 Å². The van der Waals surface area contributed by atoms with Gasteiger partial charge in [0, 0.05) is 9.86 Å². The van der Waals surface area contributed by atoms with Crippen LogP contribution in [-0.4, -0.2) is 4.98 Å². The molecule has 0 amide bonds. The van der Waals surface area contributed by atoms with Crippen molar-refractivity contribution in [1.29, 1.82) is 0 Å². The third-order valence-electron chi connectivity index (χ3n) is 1.72. The lowest BCUT2D eigenvalue weighted by Crippen LogP contribution is -1.85. The van der Waals surface area contributed by atoms with Crippen LogP contribution in [0.2, 0.25) is 0 Å². The second kappa shape index (κ2) is 3.35. The van der Waals surface area contributed by atoms with Crippen LogP contribution in [-0.2, 0) is 0 Å². The lowest BCUT2D eigenvalue weighted by Gasteiger charge is -2.01. The third kappa shape index (κ3) is 1.60. The molecule has 0 fully saturated rings. The number of benzene rings is 1. The van der Waals surface area contributed by atoms with Gasteiger partial charge in [0.25, 0.3) is 0 Å². The maximum atomic E-state index is 13.2. The zero-order chi connectivity index (χ0) is 9.42. The van der Waals surface area contributed by atoms with Gasteiger partial charge in [0.05, 0.1) is 5.52 Å². The van der Waals surface area contributed by atoms with Crippen molar-refractivity contribution in [3.8, 4) is 0 Å². The Kier molecular flexibility index (Phi) is 2.34. The van der Waals surface area contributed by atoms with Crippen LogP contribution in [0.15, 0.2) is 33.3 Å². The summed E-state index contributed by atoms with van der Waals surface area (Å²) in [5.41, 5.74) is 0.634. The molecule has 0 atom stereocenters. The number of fused-ring (bicyclic) bond motifs is 1. The Morgan fingerprint density at radius 2 is 1.85 bits per heavy atom. The van der Waals surface area contributed by atoms with Crippen molar-refractivity contribution in [2.45, 2.75) is 0 Å². The molecule has 0 bridgehead atoms. The molecule has 0 radical (unpaired) electrons. The topological polar surface area (TPSA) is 12.9 Å². The first-order valence-electron chi connectivity index (χ1n) is 3.59. The number of aromatic nitrogens is 1. The molecule has 0 aliphatic rings. The zero-order valence-corrected chi connectivity index (χ0v) is 9.56. The van der Waals surface area contributed by atoms with Gasteiger partial charge in [-0.3, -0.25) is 0 Å². The second-order valence-corrected chi connectivity index (χ2v) is 4.23. The van der Waals surface area contributed by atoms with Crippen LogP contribution in [0.3, 0.4) is 0 Å². The number of halogens is 3. The minimum atomic E-state index is -0.252. The number of nitrogens with zero attached hydrogens (tertiary/aromatic N) is 1. The summed E-state index contributed by atoms with van der Waals surface area (Å²) in [6.45, 7) is 0. The predicted molar refractivity (Wildman–Crippen MR) is 57.1 cm³/mol. The van der Waals surface area contributed by atoms with Gasteiger partial charge in [0.1, 0.15) is 10.4 Å². The molecule has 4 heteroatoms. The van der Waals surface area contributed by atoms with Gasteiger partial charge in [0.2, 0.25) is 0 Å². The maximum Gasteiger partial charge on any atom is 0.132 e. The van der Waals surface area contributed by atoms with Crippen molar-refractivity contribution >= 4 is 42.8 Å². The summed E-state index contributed by atoms with van der Waals surface area (Å²) < 4.78 is 14.7. The molecule has 1 aromatic heterocycles. The van der Waals surface area contributed by atoms with Gasteiger partial charge in [-0.25, -0.2) is 9.37 Å². The van der Waals surface area contributed by atoms with E-state index in [2.05, 4.69) is 36.8 Å². The highest BCUT2D eigenvalue weighted by atomic mass is 79.9. The Labute approximate surface area is 91.2 Å². The fraction of sp³-hybridized carbons (Fsp3) is 0. The van der Waals surface area contributed by atoms with E-state index < -0.39 is 0 Å². The average Bonchev–Trinajstić information content (AvgIpc) is 2.12. The molecule has 0 saturated heterocycles. The lowest BCUT2D eigenvalue weighted by atomic mass is 10.2. The van der Waals surface area contributed by atoms with Gasteiger partial charge < -0.3 is 0 Å². The Hall–Kier alpha value is -0.480. The molecule has 0 saturated carbocycles. The molecular formula is C9H4Br2FN. The van der Waals surface area contributed by atoms with E-state index in [1.807, 2.05) is 0 Å². The van der Waals surface area contributed by atoms with Gasteiger partial charge >= 0.3 is 0 Å². The van der Waals surface area contributed by atoms with Crippen molar-refractivity contribution in [1.82, 2.24) is 4.98 Å². The summed E-state index contributed by atoms with van der Waals surface area (Å²) in [7, 11) is 0. The zero-order valence-electron chi connectivity index (χ0n) is 6.39. The van der Waals surface area contributed by atoms with E-state index >= 15 is 0 Å². The fourth-order valence-electron chi connectivity index (χ4n) is 1.13. The standard InChI is InChI=1S/C9H4Br2FN/c10-6-2-3-7(12)5-1-4-8(11)13-9(5)6/h1-4H. The SMILES string of the molecule is Fc1ccc(Br)c2nc(Br)ccc12. The molecule has 0 N–H and O–H groups in total. The fourth-order valence-corrected chi connectivity index (χ4v) is 1.87. The first-order valence-corrected chi connectivity index (χ1v) is 5.17. The van der Waals surface area contributed by atoms with Crippen LogP contribution < -0.4 is 0 Å². The molecular weight excluding hydrogens is 301 g/mol. The molecule has 2 aromatic rings. The Morgan fingerprint density at radius 3 is 2.62 bits per heavy atom. The molecule has 1 nitrogen and oxygen atoms in total. The number of hydrogen-bond acceptors (Lipinski definition) is 1. The van der Waals surface area contributed by atoms with Crippen molar-refractivity contribution in [2.24, 2.45) is 0 Å². The summed E-state index contributed by atoms with van der Waals surface area (Å²) in [5.74, 6) is -0.252. The Morgan fingerprint density at radius 1 is 1.08 bits per heavy atom. The summed E-state index contributed by atoms with van der Waals surface area (Å²) in [6.07, 6.45) is 0. The molecule has 0 unspecified atom stereocenters. The molecule has 66 valence electrons. The van der Waals surface area contributed by atoms with E-state index in [4.69, 9.17) is 0 Å². The predicted octanol–water partition coefficient (Wildman–Crippen LogP) is 3.90. The lowest BCUT2D eigenvalue weighted by molar-refractivity contribution is 0.639. The monoisotopic (exact) mass is 303 g/mol. The van der Waals surface area contributed by atoms with Crippen LogP contribution in [0.4, 0.5) is 4.39 Å². The molecule has 1 aromatic carbocycles. The highest BCUT2D eigenvalue weighted by Gasteiger charge is 2.05. The smallest absolute Gasteiger partial charge is 0.132 e. The van der Waals surface area contributed by atoms with Gasteiger partial charge in [-0.15, -0.1) is 0 Å². The van der Waals surface area contributed by atoms with Crippen molar-refractivity contribution in [3.63, 3.8) is 0 Å². The average molecular weight is 305 g/mol. The number of pyridine rings is 1. The number of hydrogen-bond donors (Lipinski definition) is 0. The van der Waals surface area contributed by atoms with Crippen molar-refractivity contribution < 1.29 is 4.39 Å². The van der Waals surface area contributed by atoms with E-state index in [1.54, 1.807) is 18.2 Å². The molecule has 0 spiro atoms. The number of rotatable bonds is 0. The van der Waals surface area contributed by atoms with E-state index in [9.17, 15) is 4.39 Å². The van der Waals surface area contributed by atoms with Gasteiger partial charge in [0.15, 0.2) is 0 Å². The first kappa shape index (κ1) is 9.09. The summed E-state index contributed by atoms with van der Waals surface area (Å²) in [4.78, 5) is 4.17. The van der Waals surface area contributed by atoms with Crippen molar-refractivity contribution in [3.05, 3.63) is 39.2 Å². The van der Waals surface area contributed by atoms with Crippen LogP contribution in [0.5, 0.6) is 0 Å². The normalized spacial score (nSPS) is 10.7. The highest BCUT2D eigenvalue weighted by Crippen LogP contribution is 2.25. The van der Waals surface area contributed by atoms with Gasteiger partial charge in [-0.1, -0.05) is 0 Å². The minimum absolute atomic E-state index is 0.252. The van der Waals surface area contributed by atoms with Gasteiger partial charge in [-0.2, -0.15) is 0 Å². The van der Waals surface area contributed by atoms with E-state index in [0.29, 0.717) is 15.5 Å². The third-order valence-corrected chi connectivity index (χ3v) is 2.80. The van der Waals surface area contributed by atoms with Crippen LogP contribution in [0.1, 0.15) is 0 Å². The maximum absolute atomic E-state index is 13.2. The molecule has 0 aliphatic carbocycles. The summed E-state index contributed by atoms with van der Waals surface area (Å²) in [5, 5.41) is 0.526. The molecule has 2 rings (SSSR count). The van der Waals surface area contributed by atoms with Crippen LogP contribution >= 0.6 is 31.9 Å². The largest absolute Gasteiger partial charge is 0.240 e. The van der Waals surface area contributed by atoms with E-state index in [1.165, 1.54) is 6.07 Å². The minimum Gasteiger partial charge on any atom is -0.240 e. The Bertz CT molecular complexity index is 470. The highest BCUT2D eigenvalue weighted by molar-refractivity contribution is 9.11. The first-order chi connectivity index (χ1) is 6.18. The molecule has 0 aliphatic heterocycles. The molecule has 13 heavy (non-hydrogen) atoms. The summed E-state index contributed by atoms with van der Waals surface area (Å²) in [6, 6.07) is 6.49. The van der Waals surface area contributed by atoms with E-state index in [-0.39, 0.29) is 5.82 Å². The van der Waals surface area contributed by atoms with Gasteiger partial charge in [-0.05, 0) is 56.1 Å². The van der Waals surface area contributed by atoms with Crippen molar-refractivity contribution in [2.75, 3.05) is 0 Å². The quantitative estimate of drug-likeness (QED) is 0.673. The Balaban J connectivity index is 2.92. The van der Waals surface area contributed by atoms with Crippen LogP contribution in [0, 0.1) is 5.82 Å². The van der Waals surface area contributed by atoms with E-state index in [0.717, 1.165) is 4.47 Å². The molecule has 1 heterocycles.